The van der Waals surface area contributed by atoms with Gasteiger partial charge < -0.3 is 15.5 Å². The first-order valence-corrected chi connectivity index (χ1v) is 8.97. The van der Waals surface area contributed by atoms with Crippen LogP contribution in [0.4, 0.5) is 5.69 Å². The molecule has 1 aromatic rings. The standard InChI is InChI=1S/C16H24N4OS/c1-17-16(18-9-11-22-2)19-12-15(21)20-10-5-7-13-6-3-4-8-14(13)20/h3-4,6,8H,5,7,9-12H2,1-2H3,(H2,17,18,19). The first-order valence-electron chi connectivity index (χ1n) is 7.58. The minimum Gasteiger partial charge on any atom is -0.356 e. The second-order valence-corrected chi connectivity index (χ2v) is 6.11. The number of nitrogens with zero attached hydrogens (tertiary/aromatic N) is 2. The summed E-state index contributed by atoms with van der Waals surface area (Å²) in [6, 6.07) is 8.15. The van der Waals surface area contributed by atoms with Crippen molar-refractivity contribution in [1.82, 2.24) is 10.6 Å². The lowest BCUT2D eigenvalue weighted by molar-refractivity contribution is -0.117. The van der Waals surface area contributed by atoms with Crippen molar-refractivity contribution < 1.29 is 4.79 Å². The van der Waals surface area contributed by atoms with E-state index in [1.807, 2.05) is 23.1 Å². The summed E-state index contributed by atoms with van der Waals surface area (Å²) in [6.45, 7) is 1.88. The predicted molar refractivity (Wildman–Crippen MR) is 94.9 cm³/mol. The summed E-state index contributed by atoms with van der Waals surface area (Å²) in [5.74, 6) is 1.77. The average molecular weight is 320 g/mol. The van der Waals surface area contributed by atoms with Gasteiger partial charge >= 0.3 is 0 Å². The molecule has 6 heteroatoms. The van der Waals surface area contributed by atoms with Gasteiger partial charge in [0.15, 0.2) is 5.96 Å². The number of thioether (sulfide) groups is 1. The summed E-state index contributed by atoms with van der Waals surface area (Å²) >= 11 is 1.77. The molecule has 0 unspecified atom stereocenters. The van der Waals surface area contributed by atoms with Gasteiger partial charge in [0.25, 0.3) is 0 Å². The fourth-order valence-corrected chi connectivity index (χ4v) is 2.85. The van der Waals surface area contributed by atoms with E-state index in [4.69, 9.17) is 0 Å². The second-order valence-electron chi connectivity index (χ2n) is 5.12. The maximum Gasteiger partial charge on any atom is 0.246 e. The van der Waals surface area contributed by atoms with E-state index in [1.54, 1.807) is 18.8 Å². The molecule has 2 rings (SSSR count). The highest BCUT2D eigenvalue weighted by molar-refractivity contribution is 7.98. The lowest BCUT2D eigenvalue weighted by Gasteiger charge is -2.29. The van der Waals surface area contributed by atoms with Crippen molar-refractivity contribution in [2.45, 2.75) is 12.8 Å². The maximum absolute atomic E-state index is 12.5. The molecule has 0 bridgehead atoms. The normalized spacial score (nSPS) is 14.5. The molecule has 22 heavy (non-hydrogen) atoms. The Balaban J connectivity index is 1.90. The van der Waals surface area contributed by atoms with Crippen LogP contribution >= 0.6 is 11.8 Å². The molecule has 0 spiro atoms. The monoisotopic (exact) mass is 320 g/mol. The SMILES string of the molecule is CN=C(NCCSC)NCC(=O)N1CCCc2ccccc21. The molecule has 0 saturated heterocycles. The van der Waals surface area contributed by atoms with E-state index >= 15 is 0 Å². The van der Waals surface area contributed by atoms with Crippen LogP contribution in [0.1, 0.15) is 12.0 Å². The molecule has 0 atom stereocenters. The Bertz CT molecular complexity index is 533. The largest absolute Gasteiger partial charge is 0.356 e. The van der Waals surface area contributed by atoms with E-state index in [0.717, 1.165) is 37.4 Å². The van der Waals surface area contributed by atoms with Gasteiger partial charge in [-0.3, -0.25) is 9.79 Å². The van der Waals surface area contributed by atoms with Crippen LogP contribution in [-0.4, -0.2) is 50.6 Å². The number of fused-ring (bicyclic) bond motifs is 1. The van der Waals surface area contributed by atoms with Crippen LogP contribution in [-0.2, 0) is 11.2 Å². The number of carbonyl (C=O) groups is 1. The van der Waals surface area contributed by atoms with Crippen LogP contribution in [0.3, 0.4) is 0 Å². The van der Waals surface area contributed by atoms with Crippen LogP contribution < -0.4 is 15.5 Å². The number of benzene rings is 1. The molecule has 1 aromatic carbocycles. The lowest BCUT2D eigenvalue weighted by atomic mass is 10.0. The second kappa shape index (κ2) is 8.68. The summed E-state index contributed by atoms with van der Waals surface area (Å²) in [4.78, 5) is 18.5. The van der Waals surface area contributed by atoms with Crippen molar-refractivity contribution in [3.63, 3.8) is 0 Å². The quantitative estimate of drug-likeness (QED) is 0.490. The van der Waals surface area contributed by atoms with Gasteiger partial charge in [0.05, 0.1) is 6.54 Å². The van der Waals surface area contributed by atoms with Crippen molar-refractivity contribution in [2.75, 3.05) is 43.6 Å². The molecule has 2 N–H and O–H groups in total. The van der Waals surface area contributed by atoms with E-state index < -0.39 is 0 Å². The summed E-state index contributed by atoms with van der Waals surface area (Å²) in [7, 11) is 1.72. The zero-order valence-electron chi connectivity index (χ0n) is 13.3. The minimum atomic E-state index is 0.0833. The number of aliphatic imine (C=N–C) groups is 1. The van der Waals surface area contributed by atoms with Crippen LogP contribution in [0.25, 0.3) is 0 Å². The summed E-state index contributed by atoms with van der Waals surface area (Å²) in [5.41, 5.74) is 2.30. The van der Waals surface area contributed by atoms with Crippen molar-refractivity contribution in [3.05, 3.63) is 29.8 Å². The molecule has 0 saturated carbocycles. The smallest absolute Gasteiger partial charge is 0.246 e. The van der Waals surface area contributed by atoms with E-state index in [0.29, 0.717) is 5.96 Å². The molecule has 1 amide bonds. The number of nitrogens with one attached hydrogen (secondary N) is 2. The van der Waals surface area contributed by atoms with Gasteiger partial charge in [-0.1, -0.05) is 18.2 Å². The van der Waals surface area contributed by atoms with Crippen molar-refractivity contribution in [3.8, 4) is 0 Å². The Morgan fingerprint density at radius 2 is 2.18 bits per heavy atom. The van der Waals surface area contributed by atoms with E-state index in [2.05, 4.69) is 27.9 Å². The highest BCUT2D eigenvalue weighted by Crippen LogP contribution is 2.26. The van der Waals surface area contributed by atoms with Gasteiger partial charge in [-0.05, 0) is 30.7 Å². The summed E-state index contributed by atoms with van der Waals surface area (Å²) in [5, 5.41) is 6.29. The number of rotatable bonds is 5. The van der Waals surface area contributed by atoms with E-state index in [1.165, 1.54) is 5.56 Å². The number of hydrogen-bond donors (Lipinski definition) is 2. The summed E-state index contributed by atoms with van der Waals surface area (Å²) < 4.78 is 0. The molecular formula is C16H24N4OS. The third-order valence-electron chi connectivity index (χ3n) is 3.64. The molecule has 0 fully saturated rings. The van der Waals surface area contributed by atoms with Crippen LogP contribution in [0, 0.1) is 0 Å². The van der Waals surface area contributed by atoms with Gasteiger partial charge in [0.2, 0.25) is 5.91 Å². The maximum atomic E-state index is 12.5. The third kappa shape index (κ3) is 4.40. The Kier molecular flexibility index (Phi) is 6.58. The fraction of sp³-hybridized carbons (Fsp3) is 0.500. The average Bonchev–Trinajstić information content (AvgIpc) is 2.57. The van der Waals surface area contributed by atoms with Gasteiger partial charge in [-0.15, -0.1) is 0 Å². The van der Waals surface area contributed by atoms with Crippen molar-refractivity contribution in [1.29, 1.82) is 0 Å². The number of carbonyl (C=O) groups excluding carboxylic acids is 1. The van der Waals surface area contributed by atoms with E-state index in [-0.39, 0.29) is 12.5 Å². The summed E-state index contributed by atoms with van der Waals surface area (Å²) in [6.07, 6.45) is 4.13. The molecule has 120 valence electrons. The van der Waals surface area contributed by atoms with Gasteiger partial charge in [-0.25, -0.2) is 0 Å². The predicted octanol–water partition coefficient (Wildman–Crippen LogP) is 1.49. The molecule has 0 aromatic heterocycles. The van der Waals surface area contributed by atoms with Crippen LogP contribution in [0.2, 0.25) is 0 Å². The molecule has 1 heterocycles. The Hall–Kier alpha value is -1.69. The number of guanidine groups is 1. The molecule has 5 nitrogen and oxygen atoms in total. The topological polar surface area (TPSA) is 56.7 Å². The Labute approximate surface area is 136 Å². The Morgan fingerprint density at radius 3 is 2.95 bits per heavy atom. The molecule has 0 radical (unpaired) electrons. The molecule has 1 aliphatic heterocycles. The fourth-order valence-electron chi connectivity index (χ4n) is 2.54. The van der Waals surface area contributed by atoms with E-state index in [9.17, 15) is 4.79 Å². The van der Waals surface area contributed by atoms with Crippen LogP contribution in [0.5, 0.6) is 0 Å². The van der Waals surface area contributed by atoms with Crippen molar-refractivity contribution >= 4 is 29.3 Å². The van der Waals surface area contributed by atoms with Gasteiger partial charge in [-0.2, -0.15) is 11.8 Å². The lowest BCUT2D eigenvalue weighted by Crippen LogP contribution is -2.46. The molecule has 0 aliphatic carbocycles. The van der Waals surface area contributed by atoms with Gasteiger partial charge in [0, 0.05) is 31.6 Å². The zero-order valence-corrected chi connectivity index (χ0v) is 14.1. The first kappa shape index (κ1) is 16.7. The molecular weight excluding hydrogens is 296 g/mol. The highest BCUT2D eigenvalue weighted by Gasteiger charge is 2.21. The minimum absolute atomic E-state index is 0.0833. The first-order chi connectivity index (χ1) is 10.8. The molecule has 1 aliphatic rings. The van der Waals surface area contributed by atoms with Crippen molar-refractivity contribution in [2.24, 2.45) is 4.99 Å². The van der Waals surface area contributed by atoms with Gasteiger partial charge in [0.1, 0.15) is 0 Å². The Morgan fingerprint density at radius 1 is 1.36 bits per heavy atom. The third-order valence-corrected chi connectivity index (χ3v) is 4.25. The number of amides is 1. The highest BCUT2D eigenvalue weighted by atomic mass is 32.2. The number of aryl methyl sites for hydroxylation is 1. The zero-order chi connectivity index (χ0) is 15.8. The number of hydrogen-bond acceptors (Lipinski definition) is 3. The van der Waals surface area contributed by atoms with Crippen LogP contribution in [0.15, 0.2) is 29.3 Å². The number of para-hydroxylation sites is 1. The number of anilines is 1.